The number of nitrogens with zero attached hydrogens (tertiary/aromatic N) is 4. The molecule has 0 aliphatic carbocycles. The van der Waals surface area contributed by atoms with Crippen LogP contribution in [-0.2, 0) is 19.0 Å². The maximum Gasteiger partial charge on any atom is 0.416 e. The van der Waals surface area contributed by atoms with E-state index in [2.05, 4.69) is 70.0 Å². The minimum absolute atomic E-state index is 0.00928. The lowest BCUT2D eigenvalue weighted by Gasteiger charge is -2.16. The van der Waals surface area contributed by atoms with Gasteiger partial charge in [-0.05, 0) is 103 Å². The Bertz CT molecular complexity index is 2660. The van der Waals surface area contributed by atoms with Gasteiger partial charge in [0.15, 0.2) is 0 Å². The zero-order valence-corrected chi connectivity index (χ0v) is 34.9. The lowest BCUT2D eigenvalue weighted by Crippen LogP contribution is -2.31. The molecule has 2 atom stereocenters. The number of halogens is 3. The van der Waals surface area contributed by atoms with Crippen molar-refractivity contribution in [2.24, 2.45) is 11.5 Å². The lowest BCUT2D eigenvalue weighted by atomic mass is 9.98. The van der Waals surface area contributed by atoms with Gasteiger partial charge in [-0.1, -0.05) is 103 Å². The van der Waals surface area contributed by atoms with Crippen LogP contribution < -0.4 is 22.1 Å². The Morgan fingerprint density at radius 1 is 0.492 bits per heavy atom. The molecule has 6 N–H and O–H groups in total. The monoisotopic (exact) mass is 842 g/mol. The third-order valence-electron chi connectivity index (χ3n) is 10.3. The van der Waals surface area contributed by atoms with Gasteiger partial charge in [0, 0.05) is 72.2 Å². The van der Waals surface area contributed by atoms with Gasteiger partial charge < -0.3 is 22.1 Å². The minimum Gasteiger partial charge on any atom is -0.368 e. The maximum atomic E-state index is 13.3. The standard InChI is InChI=1S/C26H23F3N4.C26H26N4/c27-26(28,29)21-8-4-7-20(16-21)23-9-10-24(33-25(23)19-11-13-31-14-12-19)32-17-22(30)15-18-5-2-1-3-6-18;1-19-6-5-9-22(16-19)24-10-11-25(30-26(24)21-12-14-28-15-13-21)29-18-23(27)17-20-7-3-2-4-8-20/h1-14,16,22H,15,17,30H2,(H,32,33);2-16,23H,17-18,27H2,1H3,(H,29,30). The van der Waals surface area contributed by atoms with Gasteiger partial charge in [-0.15, -0.1) is 0 Å². The molecule has 0 amide bonds. The van der Waals surface area contributed by atoms with Crippen molar-refractivity contribution in [3.8, 4) is 44.8 Å². The first-order chi connectivity index (χ1) is 30.6. The van der Waals surface area contributed by atoms with E-state index in [1.165, 1.54) is 17.2 Å². The SMILES string of the molecule is Cc1cccc(-c2ccc(NCC(N)Cc3ccccc3)nc2-c2ccncc2)c1.NC(CNc1ccc(-c2cccc(C(F)(F)F)c2)c(-c2ccncc2)n1)Cc1ccccc1. The van der Waals surface area contributed by atoms with Crippen molar-refractivity contribution in [3.05, 3.63) is 205 Å². The van der Waals surface area contributed by atoms with Crippen LogP contribution in [0.3, 0.4) is 0 Å². The normalized spacial score (nSPS) is 12.1. The van der Waals surface area contributed by atoms with Gasteiger partial charge in [-0.3, -0.25) is 9.97 Å². The van der Waals surface area contributed by atoms with E-state index < -0.39 is 11.7 Å². The first kappa shape index (κ1) is 43.9. The molecular weight excluding hydrogens is 794 g/mol. The molecule has 0 spiro atoms. The molecular formula is C52H49F3N8. The maximum absolute atomic E-state index is 13.3. The molecule has 4 aromatic carbocycles. The summed E-state index contributed by atoms with van der Waals surface area (Å²) in [5.74, 6) is 1.42. The topological polar surface area (TPSA) is 128 Å². The van der Waals surface area contributed by atoms with Gasteiger partial charge in [-0.2, -0.15) is 13.2 Å². The van der Waals surface area contributed by atoms with E-state index in [-0.39, 0.29) is 12.1 Å². The van der Waals surface area contributed by atoms with E-state index in [0.717, 1.165) is 57.9 Å². The second-order valence-corrected chi connectivity index (χ2v) is 15.3. The number of rotatable bonds is 14. The van der Waals surface area contributed by atoms with Crippen molar-refractivity contribution in [1.82, 2.24) is 19.9 Å². The number of benzene rings is 4. The molecule has 0 bridgehead atoms. The predicted molar refractivity (Wildman–Crippen MR) is 249 cm³/mol. The van der Waals surface area contributed by atoms with Crippen LogP contribution in [0.1, 0.15) is 22.3 Å². The van der Waals surface area contributed by atoms with Crippen LogP contribution in [0.4, 0.5) is 24.8 Å². The second kappa shape index (κ2) is 21.0. The van der Waals surface area contributed by atoms with Crippen molar-refractivity contribution in [1.29, 1.82) is 0 Å². The van der Waals surface area contributed by atoms with Gasteiger partial charge in [0.1, 0.15) is 11.6 Å². The lowest BCUT2D eigenvalue weighted by molar-refractivity contribution is -0.137. The van der Waals surface area contributed by atoms with Gasteiger partial charge >= 0.3 is 6.18 Å². The van der Waals surface area contributed by atoms with Crippen molar-refractivity contribution in [2.75, 3.05) is 23.7 Å². The van der Waals surface area contributed by atoms with Crippen molar-refractivity contribution in [2.45, 2.75) is 38.0 Å². The molecule has 2 unspecified atom stereocenters. The smallest absolute Gasteiger partial charge is 0.368 e. The van der Waals surface area contributed by atoms with Crippen LogP contribution in [0.5, 0.6) is 0 Å². The van der Waals surface area contributed by atoms with Crippen LogP contribution in [0.15, 0.2) is 183 Å². The van der Waals surface area contributed by atoms with Crippen LogP contribution in [0.2, 0.25) is 0 Å². The number of aromatic nitrogens is 4. The van der Waals surface area contributed by atoms with Gasteiger partial charge in [-0.25, -0.2) is 9.97 Å². The molecule has 0 radical (unpaired) electrons. The minimum atomic E-state index is -4.42. The molecule has 11 heteroatoms. The highest BCUT2D eigenvalue weighted by atomic mass is 19.4. The highest BCUT2D eigenvalue weighted by Crippen LogP contribution is 2.36. The molecule has 318 valence electrons. The highest BCUT2D eigenvalue weighted by Gasteiger charge is 2.30. The quantitative estimate of drug-likeness (QED) is 0.0852. The number of aryl methyl sites for hydroxylation is 1. The first-order valence-corrected chi connectivity index (χ1v) is 20.7. The number of nitrogens with one attached hydrogen (secondary N) is 2. The summed E-state index contributed by atoms with van der Waals surface area (Å²) in [6.07, 6.45) is 3.97. The fourth-order valence-corrected chi connectivity index (χ4v) is 7.17. The molecule has 8 aromatic rings. The molecule has 0 saturated heterocycles. The summed E-state index contributed by atoms with van der Waals surface area (Å²) in [7, 11) is 0. The Labute approximate surface area is 366 Å². The Morgan fingerprint density at radius 2 is 0.937 bits per heavy atom. The highest BCUT2D eigenvalue weighted by molar-refractivity contribution is 5.83. The number of hydrogen-bond donors (Lipinski definition) is 4. The Balaban J connectivity index is 0.000000190. The number of hydrogen-bond acceptors (Lipinski definition) is 8. The summed E-state index contributed by atoms with van der Waals surface area (Å²) in [5, 5.41) is 6.67. The van der Waals surface area contributed by atoms with Crippen molar-refractivity contribution in [3.63, 3.8) is 0 Å². The molecule has 4 heterocycles. The molecule has 0 aliphatic rings. The molecule has 8 nitrogen and oxygen atoms in total. The van der Waals surface area contributed by atoms with E-state index in [1.54, 1.807) is 55.1 Å². The molecule has 0 saturated carbocycles. The molecule has 8 rings (SSSR count). The van der Waals surface area contributed by atoms with Crippen molar-refractivity contribution < 1.29 is 13.2 Å². The van der Waals surface area contributed by atoms with Crippen LogP contribution in [0, 0.1) is 6.92 Å². The zero-order valence-electron chi connectivity index (χ0n) is 34.9. The van der Waals surface area contributed by atoms with Crippen LogP contribution in [0.25, 0.3) is 44.8 Å². The summed E-state index contributed by atoms with van der Waals surface area (Å²) < 4.78 is 39.8. The summed E-state index contributed by atoms with van der Waals surface area (Å²) in [4.78, 5) is 17.8. The third-order valence-corrected chi connectivity index (χ3v) is 10.3. The van der Waals surface area contributed by atoms with E-state index >= 15 is 0 Å². The van der Waals surface area contributed by atoms with Gasteiger partial charge in [0.25, 0.3) is 0 Å². The number of anilines is 2. The Hall–Kier alpha value is -7.21. The van der Waals surface area contributed by atoms with Crippen LogP contribution >= 0.6 is 0 Å². The second-order valence-electron chi connectivity index (χ2n) is 15.3. The molecule has 4 aromatic heterocycles. The molecule has 0 aliphatic heterocycles. The average molecular weight is 843 g/mol. The predicted octanol–water partition coefficient (Wildman–Crippen LogP) is 10.9. The summed E-state index contributed by atoms with van der Waals surface area (Å²) in [6, 6.07) is 49.2. The Morgan fingerprint density at radius 3 is 1.38 bits per heavy atom. The van der Waals surface area contributed by atoms with Crippen LogP contribution in [-0.4, -0.2) is 45.1 Å². The van der Waals surface area contributed by atoms with Gasteiger partial charge in [0.05, 0.1) is 17.0 Å². The van der Waals surface area contributed by atoms with E-state index in [0.29, 0.717) is 42.1 Å². The molecule has 63 heavy (non-hydrogen) atoms. The fourth-order valence-electron chi connectivity index (χ4n) is 7.17. The first-order valence-electron chi connectivity index (χ1n) is 20.7. The Kier molecular flexibility index (Phi) is 14.7. The van der Waals surface area contributed by atoms with E-state index in [1.807, 2.05) is 66.7 Å². The van der Waals surface area contributed by atoms with E-state index in [4.69, 9.17) is 21.4 Å². The zero-order chi connectivity index (χ0) is 44.0. The summed E-state index contributed by atoms with van der Waals surface area (Å²) in [6.45, 7) is 3.26. The number of alkyl halides is 3. The molecule has 0 fully saturated rings. The summed E-state index contributed by atoms with van der Waals surface area (Å²) >= 11 is 0. The average Bonchev–Trinajstić information content (AvgIpc) is 3.31. The van der Waals surface area contributed by atoms with Gasteiger partial charge in [0.2, 0.25) is 0 Å². The third kappa shape index (κ3) is 12.4. The van der Waals surface area contributed by atoms with E-state index in [9.17, 15) is 13.2 Å². The number of nitrogens with two attached hydrogens (primary N) is 2. The van der Waals surface area contributed by atoms with Crippen molar-refractivity contribution >= 4 is 11.6 Å². The fraction of sp³-hybridized carbons (Fsp3) is 0.154. The largest absolute Gasteiger partial charge is 0.416 e. The summed E-state index contributed by atoms with van der Waals surface area (Å²) in [5.41, 5.74) is 22.1. The number of pyridine rings is 4.